The molecule has 0 atom stereocenters. The summed E-state index contributed by atoms with van der Waals surface area (Å²) in [6.07, 6.45) is 1.02. The molecule has 0 nitrogen and oxygen atoms in total. The van der Waals surface area contributed by atoms with Crippen LogP contribution in [0.3, 0.4) is 0 Å². The molecule has 0 spiro atoms. The van der Waals surface area contributed by atoms with Gasteiger partial charge in [-0.2, -0.15) is 18.2 Å². The molecule has 0 saturated heterocycles. The summed E-state index contributed by atoms with van der Waals surface area (Å²) >= 11 is 1.08. The fourth-order valence-electron chi connectivity index (χ4n) is 5.66. The van der Waals surface area contributed by atoms with Gasteiger partial charge in [-0.1, -0.05) is 53.9 Å². The molecule has 7 aromatic rings. The Morgan fingerprint density at radius 2 is 1.16 bits per heavy atom. The minimum Gasteiger partial charge on any atom is -1.00 e. The largest absolute Gasteiger partial charge is 1.00 e. The molecule has 0 aromatic heterocycles. The molecule has 0 amide bonds. The van der Waals surface area contributed by atoms with Crippen molar-refractivity contribution in [2.45, 2.75) is 20.3 Å². The number of rotatable bonds is 2. The number of halogens is 2. The second-order valence-electron chi connectivity index (χ2n) is 10.8. The molecule has 44 heavy (non-hydrogen) atoms. The summed E-state index contributed by atoms with van der Waals surface area (Å²) in [5.74, 6) is 0. The van der Waals surface area contributed by atoms with E-state index in [0.29, 0.717) is 0 Å². The van der Waals surface area contributed by atoms with Crippen molar-refractivity contribution in [2.75, 3.05) is 0 Å². The van der Waals surface area contributed by atoms with E-state index >= 15 is 0 Å². The zero-order valence-corrected chi connectivity index (χ0v) is 29.9. The van der Waals surface area contributed by atoms with Gasteiger partial charge in [-0.25, -0.2) is 12.1 Å². The Morgan fingerprint density at radius 1 is 0.614 bits per heavy atom. The molecule has 0 radical (unpaired) electrons. The zero-order chi connectivity index (χ0) is 28.9. The van der Waals surface area contributed by atoms with Crippen LogP contribution in [0.4, 0.5) is 0 Å². The summed E-state index contributed by atoms with van der Waals surface area (Å²) in [4.78, 5) is 0. The average molecular weight is 774 g/mol. The van der Waals surface area contributed by atoms with Gasteiger partial charge in [0, 0.05) is 0 Å². The third kappa shape index (κ3) is 7.24. The van der Waals surface area contributed by atoms with E-state index in [1.54, 1.807) is 0 Å². The summed E-state index contributed by atoms with van der Waals surface area (Å²) in [6.45, 7) is 4.25. The first-order valence-corrected chi connectivity index (χ1v) is 16.2. The quantitative estimate of drug-likeness (QED) is 0.141. The monoisotopic (exact) mass is 774 g/mol. The standard InChI is InChI=1S/C21H13.C15H14.C5H5.2ClH.Hf/c1-2-8-15-14(7-1)13-20-18-11-4-3-9-16(18)17-10-5-6-12-19(17)21(15)20;1-12-3-7-14(8-4-12)11-15-9-5-13(2)6-10-15;1-2-4-5-3-1;;;/h1-10,12H,13H2;3-10H,1-2H3;1-5H;2*1H;/q-1;;-1;;;+2/p-2. The van der Waals surface area contributed by atoms with Gasteiger partial charge in [0.25, 0.3) is 0 Å². The first-order valence-electron chi connectivity index (χ1n) is 14.4. The molecule has 0 N–H and O–H groups in total. The molecule has 8 rings (SSSR count). The Bertz CT molecular complexity index is 1900. The molecule has 0 bridgehead atoms. The van der Waals surface area contributed by atoms with Crippen molar-refractivity contribution in [3.63, 3.8) is 0 Å². The van der Waals surface area contributed by atoms with Gasteiger partial charge in [0.2, 0.25) is 0 Å². The third-order valence-corrected chi connectivity index (χ3v) is 9.91. The maximum atomic E-state index is 3.48. The van der Waals surface area contributed by atoms with Crippen LogP contribution in [0, 0.1) is 19.9 Å². The van der Waals surface area contributed by atoms with Crippen LogP contribution in [-0.4, -0.2) is 3.26 Å². The number of aryl methyl sites for hydroxylation is 2. The molecule has 0 saturated carbocycles. The Hall–Kier alpha value is -3.49. The van der Waals surface area contributed by atoms with Crippen molar-refractivity contribution in [3.05, 3.63) is 185 Å². The molecule has 0 fully saturated rings. The molecule has 7 aromatic carbocycles. The molecule has 0 unspecified atom stereocenters. The fraction of sp³-hybridized carbons (Fsp3) is 0.0732. The van der Waals surface area contributed by atoms with E-state index in [0.717, 1.165) is 30.3 Å². The van der Waals surface area contributed by atoms with Crippen LogP contribution >= 0.6 is 0 Å². The molecule has 3 heteroatoms. The molecular weight excluding hydrogens is 742 g/mol. The Morgan fingerprint density at radius 3 is 1.75 bits per heavy atom. The summed E-state index contributed by atoms with van der Waals surface area (Å²) in [5.41, 5.74) is 11.0. The molecular formula is C41H32Cl2Hf-2. The minimum absolute atomic E-state index is 0. The first-order chi connectivity index (χ1) is 20.6. The first kappa shape index (κ1) is 33.4. The van der Waals surface area contributed by atoms with Gasteiger partial charge in [0.05, 0.1) is 0 Å². The number of benzene rings is 6. The number of hydrogen-bond donors (Lipinski definition) is 0. The van der Waals surface area contributed by atoms with Crippen molar-refractivity contribution in [1.82, 2.24) is 0 Å². The Balaban J connectivity index is 0.000000171. The summed E-state index contributed by atoms with van der Waals surface area (Å²) < 4.78 is 1.47. The molecule has 1 aliphatic rings. The van der Waals surface area contributed by atoms with Gasteiger partial charge in [-0.05, 0) is 28.5 Å². The van der Waals surface area contributed by atoms with Gasteiger partial charge in [0.15, 0.2) is 0 Å². The smallest absolute Gasteiger partial charge is 0.0240 e. The summed E-state index contributed by atoms with van der Waals surface area (Å²) in [5, 5.41) is 5.30. The van der Waals surface area contributed by atoms with Crippen LogP contribution < -0.4 is 24.8 Å². The van der Waals surface area contributed by atoms with E-state index in [2.05, 4.69) is 129 Å². The number of fused-ring (bicyclic) bond motifs is 8. The van der Waals surface area contributed by atoms with E-state index in [1.807, 2.05) is 36.4 Å². The average Bonchev–Trinajstić information content (AvgIpc) is 3.75. The fourth-order valence-corrected chi connectivity index (χ4v) is 6.85. The molecule has 216 valence electrons. The van der Waals surface area contributed by atoms with E-state index < -0.39 is 0 Å². The topological polar surface area (TPSA) is 0 Å². The molecule has 0 aliphatic heterocycles. The van der Waals surface area contributed by atoms with Gasteiger partial charge in [-0.3, -0.25) is 0 Å². The Labute approximate surface area is 288 Å². The summed E-state index contributed by atoms with van der Waals surface area (Å²) in [6, 6.07) is 54.9. The van der Waals surface area contributed by atoms with Crippen LogP contribution in [-0.2, 0) is 30.3 Å². The number of hydrogen-bond acceptors (Lipinski definition) is 0. The van der Waals surface area contributed by atoms with E-state index in [-0.39, 0.29) is 24.8 Å². The normalized spacial score (nSPS) is 10.6. The van der Waals surface area contributed by atoms with Gasteiger partial charge < -0.3 is 24.8 Å². The van der Waals surface area contributed by atoms with E-state index in [1.165, 1.54) is 69.3 Å². The van der Waals surface area contributed by atoms with Gasteiger partial charge in [0.1, 0.15) is 0 Å². The second-order valence-corrected chi connectivity index (χ2v) is 12.6. The summed E-state index contributed by atoms with van der Waals surface area (Å²) in [7, 11) is 0. The second kappa shape index (κ2) is 15.5. The zero-order valence-electron chi connectivity index (χ0n) is 24.8. The maximum Gasteiger partial charge on any atom is -0.0240 e. The van der Waals surface area contributed by atoms with Gasteiger partial charge >= 0.3 is 112 Å². The van der Waals surface area contributed by atoms with Gasteiger partial charge in [-0.15, -0.1) is 40.6 Å². The SMILES string of the molecule is Cc1ccc([C](=[Hf+2])c2ccc(C)cc2)cc1.[Cl-].[Cl-].[c-]1cccc2c1c1c(c3ccccc32)-c2ccccc2C1.c1cc[cH-]c1. The van der Waals surface area contributed by atoms with Crippen molar-refractivity contribution >= 4 is 24.8 Å². The predicted octanol–water partition coefficient (Wildman–Crippen LogP) is 4.20. The van der Waals surface area contributed by atoms with Crippen LogP contribution in [0.15, 0.2) is 146 Å². The Kier molecular flexibility index (Phi) is 11.8. The van der Waals surface area contributed by atoms with Crippen molar-refractivity contribution < 1.29 is 48.7 Å². The van der Waals surface area contributed by atoms with E-state index in [4.69, 9.17) is 0 Å². The van der Waals surface area contributed by atoms with Crippen LogP contribution in [0.5, 0.6) is 0 Å². The van der Waals surface area contributed by atoms with Crippen molar-refractivity contribution in [2.24, 2.45) is 0 Å². The van der Waals surface area contributed by atoms with Crippen LogP contribution in [0.25, 0.3) is 32.7 Å². The van der Waals surface area contributed by atoms with Crippen molar-refractivity contribution in [1.29, 1.82) is 0 Å². The minimum atomic E-state index is 0. The van der Waals surface area contributed by atoms with Crippen LogP contribution in [0.1, 0.15) is 33.4 Å². The maximum absolute atomic E-state index is 3.48. The predicted molar refractivity (Wildman–Crippen MR) is 176 cm³/mol. The van der Waals surface area contributed by atoms with Crippen molar-refractivity contribution in [3.8, 4) is 11.1 Å². The van der Waals surface area contributed by atoms with E-state index in [9.17, 15) is 0 Å². The third-order valence-electron chi connectivity index (χ3n) is 7.84. The van der Waals surface area contributed by atoms with Crippen LogP contribution in [0.2, 0.25) is 0 Å². The molecule has 0 heterocycles. The molecule has 1 aliphatic carbocycles.